The average Bonchev–Trinajstić information content (AvgIpc) is 3.35. The second kappa shape index (κ2) is 7.86. The van der Waals surface area contributed by atoms with Crippen molar-refractivity contribution in [2.45, 2.75) is 11.3 Å². The maximum atomic E-state index is 13.2. The summed E-state index contributed by atoms with van der Waals surface area (Å²) in [7, 11) is -2.65. The molecule has 3 aromatic rings. The molecule has 30 heavy (non-hydrogen) atoms. The van der Waals surface area contributed by atoms with Gasteiger partial charge in [-0.15, -0.1) is 11.3 Å². The number of hydrogen-bond acceptors (Lipinski definition) is 9. The van der Waals surface area contributed by atoms with Gasteiger partial charge in [0.05, 0.1) is 23.2 Å². The van der Waals surface area contributed by atoms with Gasteiger partial charge in [-0.3, -0.25) is 4.98 Å². The lowest BCUT2D eigenvalue weighted by Crippen LogP contribution is -2.23. The minimum absolute atomic E-state index is 0.0181. The summed E-state index contributed by atoms with van der Waals surface area (Å²) >= 11 is 1.38. The molecule has 0 aromatic carbocycles. The number of aromatic nitrogens is 2. The van der Waals surface area contributed by atoms with Crippen LogP contribution < -0.4 is 0 Å². The summed E-state index contributed by atoms with van der Waals surface area (Å²) in [4.78, 5) is 38.2. The average molecular weight is 445 g/mol. The molecule has 0 radical (unpaired) electrons. The lowest BCUT2D eigenvalue weighted by Gasteiger charge is -2.10. The van der Waals surface area contributed by atoms with Gasteiger partial charge in [-0.05, 0) is 35.2 Å². The molecule has 0 aliphatic carbocycles. The summed E-state index contributed by atoms with van der Waals surface area (Å²) in [5, 5.41) is 2.50. The number of carbonyl (C=O) groups excluding carboxylic acids is 2. The van der Waals surface area contributed by atoms with Crippen molar-refractivity contribution in [3.05, 3.63) is 71.5 Å². The fourth-order valence-electron chi connectivity index (χ4n) is 2.90. The first-order chi connectivity index (χ1) is 14.3. The molecule has 0 saturated carbocycles. The van der Waals surface area contributed by atoms with E-state index in [1.165, 1.54) is 49.1 Å². The Kier molecular flexibility index (Phi) is 5.24. The molecule has 9 nitrogen and oxygen atoms in total. The summed E-state index contributed by atoms with van der Waals surface area (Å²) in [6.45, 7) is 0. The monoisotopic (exact) mass is 445 g/mol. The molecule has 4 rings (SSSR count). The molecule has 0 unspecified atom stereocenters. The van der Waals surface area contributed by atoms with E-state index >= 15 is 0 Å². The summed E-state index contributed by atoms with van der Waals surface area (Å²) < 4.78 is 27.6. The lowest BCUT2D eigenvalue weighted by atomic mass is 10.1. The first kappa shape index (κ1) is 20.0. The molecule has 154 valence electrons. The van der Waals surface area contributed by atoms with Gasteiger partial charge in [0.1, 0.15) is 4.90 Å². The van der Waals surface area contributed by atoms with E-state index in [2.05, 4.69) is 4.98 Å². The van der Waals surface area contributed by atoms with Gasteiger partial charge < -0.3 is 9.68 Å². The minimum Gasteiger partial charge on any atom is -0.329 e. The van der Waals surface area contributed by atoms with Gasteiger partial charge >= 0.3 is 11.9 Å². The Morgan fingerprint density at radius 2 is 2.00 bits per heavy atom. The zero-order valence-electron chi connectivity index (χ0n) is 15.6. The Balaban J connectivity index is 1.77. The van der Waals surface area contributed by atoms with E-state index in [9.17, 15) is 18.0 Å². The quantitative estimate of drug-likeness (QED) is 0.588. The van der Waals surface area contributed by atoms with Crippen molar-refractivity contribution in [1.29, 1.82) is 0 Å². The maximum absolute atomic E-state index is 13.2. The van der Waals surface area contributed by atoms with E-state index < -0.39 is 22.0 Å². The van der Waals surface area contributed by atoms with E-state index in [-0.39, 0.29) is 16.9 Å². The van der Waals surface area contributed by atoms with Crippen LogP contribution in [0.2, 0.25) is 0 Å². The van der Waals surface area contributed by atoms with Gasteiger partial charge in [-0.2, -0.15) is 0 Å². The summed E-state index contributed by atoms with van der Waals surface area (Å²) in [6, 6.07) is 8.26. The van der Waals surface area contributed by atoms with Crippen molar-refractivity contribution in [2.24, 2.45) is 0 Å². The van der Waals surface area contributed by atoms with Gasteiger partial charge in [-0.25, -0.2) is 22.0 Å². The largest absolute Gasteiger partial charge is 0.357 e. The number of nitrogens with zero attached hydrogens (tertiary/aromatic N) is 3. The third-order valence-electron chi connectivity index (χ3n) is 4.19. The van der Waals surface area contributed by atoms with Crippen LogP contribution in [-0.4, -0.2) is 41.6 Å². The fraction of sp³-hybridized carbons (Fsp3) is 0.105. The second-order valence-electron chi connectivity index (χ2n) is 6.28. The van der Waals surface area contributed by atoms with Crippen molar-refractivity contribution >= 4 is 33.3 Å². The van der Waals surface area contributed by atoms with Gasteiger partial charge in [0.2, 0.25) is 0 Å². The van der Waals surface area contributed by atoms with E-state index in [0.29, 0.717) is 16.5 Å². The van der Waals surface area contributed by atoms with Crippen molar-refractivity contribution in [1.82, 2.24) is 14.2 Å². The Bertz CT molecular complexity index is 1230. The van der Waals surface area contributed by atoms with Crippen LogP contribution in [0.1, 0.15) is 5.56 Å². The summed E-state index contributed by atoms with van der Waals surface area (Å²) in [5.74, 6) is -1.52. The topological polar surface area (TPSA) is 108 Å². The second-order valence-corrected chi connectivity index (χ2v) is 9.04. The van der Waals surface area contributed by atoms with E-state index in [0.717, 1.165) is 14.9 Å². The molecule has 4 heterocycles. The van der Waals surface area contributed by atoms with Crippen molar-refractivity contribution in [3.8, 4) is 10.6 Å². The molecule has 1 aliphatic rings. The fourth-order valence-corrected chi connectivity index (χ4v) is 5.05. The van der Waals surface area contributed by atoms with Crippen LogP contribution in [0.5, 0.6) is 0 Å². The van der Waals surface area contributed by atoms with Crippen molar-refractivity contribution < 1.29 is 27.7 Å². The number of thiophene rings is 1. The molecule has 0 bridgehead atoms. The van der Waals surface area contributed by atoms with E-state index in [1.807, 2.05) is 11.4 Å². The van der Waals surface area contributed by atoms with Gasteiger partial charge in [-0.1, -0.05) is 6.07 Å². The smallest absolute Gasteiger partial charge is 0.329 e. The molecule has 1 aliphatic heterocycles. The van der Waals surface area contributed by atoms with Crippen LogP contribution in [0.15, 0.2) is 70.8 Å². The van der Waals surface area contributed by atoms with Gasteiger partial charge in [0, 0.05) is 36.3 Å². The molecule has 0 N–H and O–H groups in total. The molecule has 0 saturated heterocycles. The number of hydrogen-bond donors (Lipinski definition) is 0. The lowest BCUT2D eigenvalue weighted by molar-refractivity contribution is -0.304. The SMILES string of the molecule is CN1OC(=O)C=C(Cc2cc(-c3cccs3)n(S(=O)(=O)c3cccnc3)c2)C(=O)O1. The van der Waals surface area contributed by atoms with E-state index in [1.54, 1.807) is 12.1 Å². The zero-order valence-corrected chi connectivity index (χ0v) is 17.2. The molecule has 0 amide bonds. The highest BCUT2D eigenvalue weighted by molar-refractivity contribution is 7.90. The predicted octanol–water partition coefficient (Wildman–Crippen LogP) is 2.18. The molecule has 0 fully saturated rings. The molecular formula is C19H15N3O6S2. The third-order valence-corrected chi connectivity index (χ3v) is 6.74. The molecular weight excluding hydrogens is 430 g/mol. The molecule has 3 aromatic heterocycles. The normalized spacial score (nSPS) is 15.3. The standard InChI is InChI=1S/C19H15N3O6S2/c1-21-27-18(23)10-14(19(24)28-21)8-13-9-16(17-5-3-7-29-17)22(12-13)30(25,26)15-4-2-6-20-11-15/h2-7,9-12H,8H2,1H3. The maximum Gasteiger partial charge on any atom is 0.357 e. The summed E-state index contributed by atoms with van der Waals surface area (Å²) in [5.41, 5.74) is 0.982. The van der Waals surface area contributed by atoms with Crippen LogP contribution in [-0.2, 0) is 35.7 Å². The predicted molar refractivity (Wildman–Crippen MR) is 106 cm³/mol. The van der Waals surface area contributed by atoms with Crippen molar-refractivity contribution in [3.63, 3.8) is 0 Å². The van der Waals surface area contributed by atoms with E-state index in [4.69, 9.17) is 9.68 Å². The first-order valence-corrected chi connectivity index (χ1v) is 11.0. The van der Waals surface area contributed by atoms with Gasteiger partial charge in [0.25, 0.3) is 10.0 Å². The van der Waals surface area contributed by atoms with Crippen LogP contribution >= 0.6 is 11.3 Å². The Labute approximate surface area is 175 Å². The van der Waals surface area contributed by atoms with Crippen LogP contribution in [0.3, 0.4) is 0 Å². The van der Waals surface area contributed by atoms with Crippen LogP contribution in [0.25, 0.3) is 10.6 Å². The first-order valence-electron chi connectivity index (χ1n) is 8.64. The highest BCUT2D eigenvalue weighted by Crippen LogP contribution is 2.31. The van der Waals surface area contributed by atoms with Crippen LogP contribution in [0, 0.1) is 0 Å². The third kappa shape index (κ3) is 3.90. The number of carbonyl (C=O) groups is 2. The highest BCUT2D eigenvalue weighted by Gasteiger charge is 2.26. The Morgan fingerprint density at radius 3 is 2.70 bits per heavy atom. The van der Waals surface area contributed by atoms with Crippen molar-refractivity contribution in [2.75, 3.05) is 7.05 Å². The molecule has 0 spiro atoms. The highest BCUT2D eigenvalue weighted by atomic mass is 32.2. The molecule has 11 heteroatoms. The zero-order chi connectivity index (χ0) is 21.3. The number of hydroxylamine groups is 2. The number of rotatable bonds is 5. The Hall–Kier alpha value is -3.28. The number of pyridine rings is 1. The van der Waals surface area contributed by atoms with Gasteiger partial charge in [0.15, 0.2) is 0 Å². The Morgan fingerprint density at radius 1 is 1.17 bits per heavy atom. The minimum atomic E-state index is -3.93. The molecule has 0 atom stereocenters. The summed E-state index contributed by atoms with van der Waals surface area (Å²) in [6.07, 6.45) is 5.19. The van der Waals surface area contributed by atoms with Crippen LogP contribution in [0.4, 0.5) is 0 Å².